The monoisotopic (exact) mass is 183 g/mol. The highest BCUT2D eigenvalue weighted by molar-refractivity contribution is 5.18. The van der Waals surface area contributed by atoms with E-state index in [9.17, 15) is 4.39 Å². The molecule has 0 aliphatic carbocycles. The molecule has 0 amide bonds. The van der Waals surface area contributed by atoms with E-state index in [1.807, 2.05) is 13.8 Å². The second-order valence-corrected chi connectivity index (χ2v) is 2.85. The van der Waals surface area contributed by atoms with E-state index in [0.717, 1.165) is 12.8 Å². The minimum atomic E-state index is -0.533. The summed E-state index contributed by atoms with van der Waals surface area (Å²) in [5.41, 5.74) is 0. The maximum absolute atomic E-state index is 13.0. The maximum Gasteiger partial charge on any atom is 0.255 e. The summed E-state index contributed by atoms with van der Waals surface area (Å²) < 4.78 is 18.4. The lowest BCUT2D eigenvalue weighted by Gasteiger charge is -2.15. The molecule has 0 atom stereocenters. The van der Waals surface area contributed by atoms with E-state index in [-0.39, 0.29) is 11.9 Å². The van der Waals surface area contributed by atoms with Gasteiger partial charge in [0.25, 0.3) is 5.95 Å². The molecule has 72 valence electrons. The fourth-order valence-corrected chi connectivity index (χ4v) is 1.09. The Hall–Kier alpha value is -1.12. The summed E-state index contributed by atoms with van der Waals surface area (Å²) in [4.78, 5) is 3.51. The topological polar surface area (TPSA) is 22.1 Å². The van der Waals surface area contributed by atoms with Crippen molar-refractivity contribution < 1.29 is 9.13 Å². The fraction of sp³-hybridized carbons (Fsp3) is 0.500. The Kier molecular flexibility index (Phi) is 3.68. The molecule has 0 aliphatic rings. The largest absolute Gasteiger partial charge is 0.486 e. The van der Waals surface area contributed by atoms with Crippen molar-refractivity contribution in [1.82, 2.24) is 4.98 Å². The average Bonchev–Trinajstić information content (AvgIpc) is 2.17. The van der Waals surface area contributed by atoms with Crippen LogP contribution in [0.5, 0.6) is 5.75 Å². The predicted molar refractivity (Wildman–Crippen MR) is 49.2 cm³/mol. The summed E-state index contributed by atoms with van der Waals surface area (Å²) >= 11 is 0. The van der Waals surface area contributed by atoms with Crippen LogP contribution in [-0.2, 0) is 0 Å². The Morgan fingerprint density at radius 1 is 1.46 bits per heavy atom. The number of nitrogens with zero attached hydrogens (tertiary/aromatic N) is 1. The van der Waals surface area contributed by atoms with Crippen LogP contribution < -0.4 is 4.74 Å². The molecule has 1 aromatic rings. The molecule has 0 saturated carbocycles. The zero-order valence-electron chi connectivity index (χ0n) is 7.96. The first-order valence-electron chi connectivity index (χ1n) is 4.55. The van der Waals surface area contributed by atoms with Gasteiger partial charge in [-0.2, -0.15) is 4.39 Å². The number of hydrogen-bond acceptors (Lipinski definition) is 2. The molecule has 0 saturated heterocycles. The Morgan fingerprint density at radius 3 is 2.69 bits per heavy atom. The van der Waals surface area contributed by atoms with Crippen LogP contribution in [0, 0.1) is 5.95 Å². The van der Waals surface area contributed by atoms with Crippen LogP contribution in [0.2, 0.25) is 0 Å². The number of halogens is 1. The number of pyridine rings is 1. The van der Waals surface area contributed by atoms with Crippen molar-refractivity contribution in [2.75, 3.05) is 0 Å². The lowest BCUT2D eigenvalue weighted by Crippen LogP contribution is -2.14. The SMILES string of the molecule is CCC(CC)Oc1cccnc1F. The van der Waals surface area contributed by atoms with Crippen LogP contribution in [0.25, 0.3) is 0 Å². The third kappa shape index (κ3) is 2.68. The Balaban J connectivity index is 2.67. The molecule has 0 N–H and O–H groups in total. The highest BCUT2D eigenvalue weighted by atomic mass is 19.1. The van der Waals surface area contributed by atoms with E-state index in [2.05, 4.69) is 4.98 Å². The van der Waals surface area contributed by atoms with Gasteiger partial charge in [-0.3, -0.25) is 0 Å². The number of ether oxygens (including phenoxy) is 1. The Morgan fingerprint density at radius 2 is 2.15 bits per heavy atom. The maximum atomic E-state index is 13.0. The van der Waals surface area contributed by atoms with Crippen LogP contribution >= 0.6 is 0 Å². The van der Waals surface area contributed by atoms with Gasteiger partial charge >= 0.3 is 0 Å². The summed E-state index contributed by atoms with van der Waals surface area (Å²) in [5, 5.41) is 0. The third-order valence-corrected chi connectivity index (χ3v) is 1.93. The molecule has 0 radical (unpaired) electrons. The van der Waals surface area contributed by atoms with E-state index in [4.69, 9.17) is 4.74 Å². The number of hydrogen-bond donors (Lipinski definition) is 0. The molecule has 1 heterocycles. The van der Waals surface area contributed by atoms with Crippen molar-refractivity contribution in [3.8, 4) is 5.75 Å². The van der Waals surface area contributed by atoms with Gasteiger partial charge in [-0.15, -0.1) is 0 Å². The molecule has 1 rings (SSSR count). The molecular weight excluding hydrogens is 169 g/mol. The first-order valence-corrected chi connectivity index (χ1v) is 4.55. The van der Waals surface area contributed by atoms with Crippen LogP contribution in [0.15, 0.2) is 18.3 Å². The van der Waals surface area contributed by atoms with Gasteiger partial charge in [0.15, 0.2) is 5.75 Å². The van der Waals surface area contributed by atoms with Gasteiger partial charge in [0.05, 0.1) is 6.10 Å². The van der Waals surface area contributed by atoms with Crippen LogP contribution in [0.3, 0.4) is 0 Å². The third-order valence-electron chi connectivity index (χ3n) is 1.93. The predicted octanol–water partition coefficient (Wildman–Crippen LogP) is 2.79. The zero-order valence-corrected chi connectivity index (χ0v) is 7.96. The van der Waals surface area contributed by atoms with Gasteiger partial charge in [0.2, 0.25) is 0 Å². The summed E-state index contributed by atoms with van der Waals surface area (Å²) in [6, 6.07) is 3.27. The standard InChI is InChI=1S/C10H14FNO/c1-3-8(4-2)13-9-6-5-7-12-10(9)11/h5-8H,3-4H2,1-2H3. The molecule has 0 unspecified atom stereocenters. The van der Waals surface area contributed by atoms with E-state index < -0.39 is 5.95 Å². The van der Waals surface area contributed by atoms with Gasteiger partial charge in [-0.05, 0) is 25.0 Å². The molecule has 0 spiro atoms. The molecule has 13 heavy (non-hydrogen) atoms. The minimum absolute atomic E-state index is 0.0821. The Labute approximate surface area is 77.8 Å². The van der Waals surface area contributed by atoms with Crippen molar-refractivity contribution in [2.24, 2.45) is 0 Å². The average molecular weight is 183 g/mol. The summed E-state index contributed by atoms with van der Waals surface area (Å²) in [6.07, 6.45) is 3.25. The molecule has 0 bridgehead atoms. The van der Waals surface area contributed by atoms with Gasteiger partial charge in [-0.1, -0.05) is 13.8 Å². The lowest BCUT2D eigenvalue weighted by molar-refractivity contribution is 0.182. The van der Waals surface area contributed by atoms with E-state index in [1.165, 1.54) is 6.20 Å². The smallest absolute Gasteiger partial charge is 0.255 e. The van der Waals surface area contributed by atoms with Gasteiger partial charge in [0, 0.05) is 6.20 Å². The van der Waals surface area contributed by atoms with Crippen LogP contribution in [0.4, 0.5) is 4.39 Å². The van der Waals surface area contributed by atoms with Crippen molar-refractivity contribution in [1.29, 1.82) is 0 Å². The van der Waals surface area contributed by atoms with Crippen LogP contribution in [-0.4, -0.2) is 11.1 Å². The van der Waals surface area contributed by atoms with Gasteiger partial charge in [-0.25, -0.2) is 4.98 Å². The molecule has 2 nitrogen and oxygen atoms in total. The first-order chi connectivity index (χ1) is 6.27. The van der Waals surface area contributed by atoms with Gasteiger partial charge < -0.3 is 4.74 Å². The highest BCUT2D eigenvalue weighted by Crippen LogP contribution is 2.16. The van der Waals surface area contributed by atoms with Crippen molar-refractivity contribution in [2.45, 2.75) is 32.8 Å². The summed E-state index contributed by atoms with van der Waals surface area (Å²) in [6.45, 7) is 4.03. The number of rotatable bonds is 4. The Bertz CT molecular complexity index is 261. The van der Waals surface area contributed by atoms with Crippen molar-refractivity contribution in [3.05, 3.63) is 24.3 Å². The van der Waals surface area contributed by atoms with Crippen LogP contribution in [0.1, 0.15) is 26.7 Å². The van der Waals surface area contributed by atoms with E-state index in [0.29, 0.717) is 0 Å². The quantitative estimate of drug-likeness (QED) is 0.669. The summed E-state index contributed by atoms with van der Waals surface area (Å²) in [5.74, 6) is -0.286. The van der Waals surface area contributed by atoms with E-state index >= 15 is 0 Å². The first kappa shape index (κ1) is 9.96. The van der Waals surface area contributed by atoms with Crippen molar-refractivity contribution >= 4 is 0 Å². The fourth-order valence-electron chi connectivity index (χ4n) is 1.09. The molecule has 3 heteroatoms. The van der Waals surface area contributed by atoms with E-state index in [1.54, 1.807) is 12.1 Å². The molecule has 0 fully saturated rings. The second-order valence-electron chi connectivity index (χ2n) is 2.85. The normalized spacial score (nSPS) is 10.5. The molecule has 0 aromatic carbocycles. The zero-order chi connectivity index (χ0) is 9.68. The highest BCUT2D eigenvalue weighted by Gasteiger charge is 2.08. The molecular formula is C10H14FNO. The van der Waals surface area contributed by atoms with Crippen molar-refractivity contribution in [3.63, 3.8) is 0 Å². The minimum Gasteiger partial charge on any atom is -0.486 e. The number of aromatic nitrogens is 1. The summed E-state index contributed by atoms with van der Waals surface area (Å²) in [7, 11) is 0. The van der Waals surface area contributed by atoms with Gasteiger partial charge in [0.1, 0.15) is 0 Å². The second kappa shape index (κ2) is 4.80. The lowest BCUT2D eigenvalue weighted by atomic mass is 10.2. The molecule has 1 aromatic heterocycles. The molecule has 0 aliphatic heterocycles.